The number of rotatable bonds is 7. The van der Waals surface area contributed by atoms with Gasteiger partial charge in [-0.3, -0.25) is 0 Å². The van der Waals surface area contributed by atoms with E-state index in [1.807, 2.05) is 6.92 Å². The van der Waals surface area contributed by atoms with Crippen molar-refractivity contribution < 1.29 is 9.50 Å². The third-order valence-corrected chi connectivity index (χ3v) is 2.03. The lowest BCUT2D eigenvalue weighted by molar-refractivity contribution is 0.168. The van der Waals surface area contributed by atoms with E-state index in [0.29, 0.717) is 6.42 Å². The summed E-state index contributed by atoms with van der Waals surface area (Å²) < 4.78 is 13.0. The van der Waals surface area contributed by atoms with Gasteiger partial charge in [0.2, 0.25) is 0 Å². The number of hydrogen-bond donors (Lipinski definition) is 1. The molecule has 78 valence electrons. The molecule has 13 heavy (non-hydrogen) atoms. The number of hydrogen-bond acceptors (Lipinski definition) is 1. The summed E-state index contributed by atoms with van der Waals surface area (Å²) in [5, 5.41) is 9.33. The van der Waals surface area contributed by atoms with Crippen molar-refractivity contribution in [3.63, 3.8) is 0 Å². The molecule has 0 aliphatic carbocycles. The third kappa shape index (κ3) is 6.76. The SMILES string of the molecule is CCC/C=C(\F)C(O)CCCCC. The largest absolute Gasteiger partial charge is 0.386 e. The van der Waals surface area contributed by atoms with E-state index in [9.17, 15) is 9.50 Å². The van der Waals surface area contributed by atoms with Crippen LogP contribution in [0.2, 0.25) is 0 Å². The van der Waals surface area contributed by atoms with Gasteiger partial charge in [-0.05, 0) is 12.8 Å². The summed E-state index contributed by atoms with van der Waals surface area (Å²) in [5.74, 6) is -0.349. The molecule has 0 amide bonds. The van der Waals surface area contributed by atoms with Crippen LogP contribution < -0.4 is 0 Å². The smallest absolute Gasteiger partial charge is 0.124 e. The Bertz CT molecular complexity index is 143. The fraction of sp³-hybridized carbons (Fsp3) is 0.818. The fourth-order valence-corrected chi connectivity index (χ4v) is 1.14. The summed E-state index contributed by atoms with van der Waals surface area (Å²) in [6.07, 6.45) is 5.91. The zero-order chi connectivity index (χ0) is 10.1. The van der Waals surface area contributed by atoms with Gasteiger partial charge in [0.15, 0.2) is 0 Å². The zero-order valence-electron chi connectivity index (χ0n) is 8.72. The van der Waals surface area contributed by atoms with E-state index >= 15 is 0 Å². The van der Waals surface area contributed by atoms with Crippen LogP contribution in [0, 0.1) is 0 Å². The molecular formula is C11H21FO. The van der Waals surface area contributed by atoms with Crippen LogP contribution >= 0.6 is 0 Å². The molecule has 0 aliphatic rings. The van der Waals surface area contributed by atoms with Crippen molar-refractivity contribution >= 4 is 0 Å². The lowest BCUT2D eigenvalue weighted by Gasteiger charge is -2.07. The van der Waals surface area contributed by atoms with Gasteiger partial charge in [0.25, 0.3) is 0 Å². The number of halogens is 1. The second kappa shape index (κ2) is 8.24. The number of aliphatic hydroxyl groups excluding tert-OH is 1. The van der Waals surface area contributed by atoms with Crippen molar-refractivity contribution in [2.75, 3.05) is 0 Å². The van der Waals surface area contributed by atoms with Crippen LogP contribution in [0.25, 0.3) is 0 Å². The molecule has 0 bridgehead atoms. The molecule has 1 unspecified atom stereocenters. The van der Waals surface area contributed by atoms with E-state index in [1.54, 1.807) is 0 Å². The van der Waals surface area contributed by atoms with E-state index in [-0.39, 0.29) is 5.83 Å². The van der Waals surface area contributed by atoms with Gasteiger partial charge in [0.1, 0.15) is 11.9 Å². The third-order valence-electron chi connectivity index (χ3n) is 2.03. The summed E-state index contributed by atoms with van der Waals surface area (Å²) in [5.41, 5.74) is 0. The van der Waals surface area contributed by atoms with Gasteiger partial charge in [-0.15, -0.1) is 0 Å². The number of unbranched alkanes of at least 4 members (excludes halogenated alkanes) is 3. The monoisotopic (exact) mass is 188 g/mol. The Morgan fingerprint density at radius 1 is 1.31 bits per heavy atom. The van der Waals surface area contributed by atoms with Crippen molar-refractivity contribution in [2.24, 2.45) is 0 Å². The predicted octanol–water partition coefficient (Wildman–Crippen LogP) is 3.58. The first kappa shape index (κ1) is 12.6. The quantitative estimate of drug-likeness (QED) is 0.605. The average molecular weight is 188 g/mol. The van der Waals surface area contributed by atoms with E-state index < -0.39 is 6.10 Å². The molecule has 0 rings (SSSR count). The molecule has 0 fully saturated rings. The second-order valence-electron chi connectivity index (χ2n) is 3.39. The molecule has 1 N–H and O–H groups in total. The second-order valence-corrected chi connectivity index (χ2v) is 3.39. The molecular weight excluding hydrogens is 167 g/mol. The van der Waals surface area contributed by atoms with E-state index in [1.165, 1.54) is 6.08 Å². The highest BCUT2D eigenvalue weighted by Gasteiger charge is 2.08. The molecule has 0 radical (unpaired) electrons. The highest BCUT2D eigenvalue weighted by molar-refractivity contribution is 4.97. The minimum absolute atomic E-state index is 0.349. The molecule has 0 saturated carbocycles. The fourth-order valence-electron chi connectivity index (χ4n) is 1.14. The van der Waals surface area contributed by atoms with Crippen LogP contribution in [0.4, 0.5) is 4.39 Å². The molecule has 0 saturated heterocycles. The molecule has 0 aromatic rings. The molecule has 1 atom stereocenters. The molecule has 0 aliphatic heterocycles. The predicted molar refractivity (Wildman–Crippen MR) is 54.2 cm³/mol. The van der Waals surface area contributed by atoms with Crippen LogP contribution in [0.15, 0.2) is 11.9 Å². The Balaban J connectivity index is 3.61. The first-order chi connectivity index (χ1) is 6.22. The summed E-state index contributed by atoms with van der Waals surface area (Å²) in [4.78, 5) is 0. The number of allylic oxidation sites excluding steroid dienone is 1. The van der Waals surface area contributed by atoms with Crippen LogP contribution in [-0.2, 0) is 0 Å². The van der Waals surface area contributed by atoms with Gasteiger partial charge < -0.3 is 5.11 Å². The summed E-state index contributed by atoms with van der Waals surface area (Å²) >= 11 is 0. The Morgan fingerprint density at radius 3 is 2.54 bits per heavy atom. The maximum absolute atomic E-state index is 13.0. The van der Waals surface area contributed by atoms with Crippen LogP contribution in [0.5, 0.6) is 0 Å². The lowest BCUT2D eigenvalue weighted by Crippen LogP contribution is -2.06. The van der Waals surface area contributed by atoms with E-state index in [0.717, 1.165) is 32.1 Å². The summed E-state index contributed by atoms with van der Waals surface area (Å²) in [7, 11) is 0. The minimum atomic E-state index is -0.863. The van der Waals surface area contributed by atoms with Crippen molar-refractivity contribution in [3.8, 4) is 0 Å². The molecule has 0 aromatic heterocycles. The first-order valence-corrected chi connectivity index (χ1v) is 5.26. The van der Waals surface area contributed by atoms with Crippen LogP contribution in [-0.4, -0.2) is 11.2 Å². The molecule has 0 spiro atoms. The highest BCUT2D eigenvalue weighted by atomic mass is 19.1. The topological polar surface area (TPSA) is 20.2 Å². The highest BCUT2D eigenvalue weighted by Crippen LogP contribution is 2.13. The maximum atomic E-state index is 13.0. The van der Waals surface area contributed by atoms with Gasteiger partial charge in [-0.25, -0.2) is 4.39 Å². The summed E-state index contributed by atoms with van der Waals surface area (Å²) in [6, 6.07) is 0. The lowest BCUT2D eigenvalue weighted by atomic mass is 10.1. The first-order valence-electron chi connectivity index (χ1n) is 5.26. The van der Waals surface area contributed by atoms with Crippen molar-refractivity contribution in [1.29, 1.82) is 0 Å². The van der Waals surface area contributed by atoms with Gasteiger partial charge in [0, 0.05) is 0 Å². The van der Waals surface area contributed by atoms with Gasteiger partial charge >= 0.3 is 0 Å². The standard InChI is InChI=1S/C11H21FO/c1-3-5-7-9-11(13)10(12)8-6-4-2/h8,11,13H,3-7,9H2,1-2H3/b10-8-. The van der Waals surface area contributed by atoms with E-state index in [4.69, 9.17) is 0 Å². The maximum Gasteiger partial charge on any atom is 0.124 e. The molecule has 1 nitrogen and oxygen atoms in total. The Morgan fingerprint density at radius 2 is 2.00 bits per heavy atom. The Kier molecular flexibility index (Phi) is 8.00. The molecule has 0 heterocycles. The van der Waals surface area contributed by atoms with Crippen molar-refractivity contribution in [1.82, 2.24) is 0 Å². The van der Waals surface area contributed by atoms with Gasteiger partial charge in [0.05, 0.1) is 0 Å². The number of aliphatic hydroxyl groups is 1. The summed E-state index contributed by atoms with van der Waals surface area (Å²) in [6.45, 7) is 4.09. The Hall–Kier alpha value is -0.370. The minimum Gasteiger partial charge on any atom is -0.386 e. The van der Waals surface area contributed by atoms with Gasteiger partial charge in [-0.1, -0.05) is 45.6 Å². The van der Waals surface area contributed by atoms with Crippen molar-refractivity contribution in [2.45, 2.75) is 58.5 Å². The Labute approximate surface area is 80.7 Å². The normalized spacial score (nSPS) is 14.6. The molecule has 2 heteroatoms. The van der Waals surface area contributed by atoms with Gasteiger partial charge in [-0.2, -0.15) is 0 Å². The average Bonchev–Trinajstić information content (AvgIpc) is 2.14. The zero-order valence-corrected chi connectivity index (χ0v) is 8.72. The van der Waals surface area contributed by atoms with E-state index in [2.05, 4.69) is 6.92 Å². The van der Waals surface area contributed by atoms with Crippen molar-refractivity contribution in [3.05, 3.63) is 11.9 Å². The molecule has 0 aromatic carbocycles. The van der Waals surface area contributed by atoms with Crippen LogP contribution in [0.3, 0.4) is 0 Å². The van der Waals surface area contributed by atoms with Crippen LogP contribution in [0.1, 0.15) is 52.4 Å².